The summed E-state index contributed by atoms with van der Waals surface area (Å²) in [5.74, 6) is 0. The maximum atomic E-state index is 2.75. The first-order valence-electron chi connectivity index (χ1n) is 20.9. The summed E-state index contributed by atoms with van der Waals surface area (Å²) in [6.45, 7) is 28.3. The molecule has 1 aromatic heterocycles. The third kappa shape index (κ3) is 6.48. The van der Waals surface area contributed by atoms with E-state index >= 15 is 0 Å². The molecule has 2 unspecified atom stereocenters. The van der Waals surface area contributed by atoms with Gasteiger partial charge in [0.05, 0.1) is 11.2 Å². The number of thiophene rings is 1. The van der Waals surface area contributed by atoms with Gasteiger partial charge in [-0.15, -0.1) is 11.3 Å². The molecule has 1 saturated carbocycles. The van der Waals surface area contributed by atoms with Crippen molar-refractivity contribution in [3.8, 4) is 11.1 Å². The predicted octanol–water partition coefficient (Wildman–Crippen LogP) is 16.0. The van der Waals surface area contributed by atoms with Crippen molar-refractivity contribution in [1.29, 1.82) is 0 Å². The van der Waals surface area contributed by atoms with Crippen molar-refractivity contribution in [2.75, 3.05) is 9.80 Å². The van der Waals surface area contributed by atoms with Crippen LogP contribution in [0.4, 0.5) is 27.8 Å². The molecule has 0 N–H and O–H groups in total. The maximum Gasteiger partial charge on any atom is 0.101 e. The van der Waals surface area contributed by atoms with E-state index in [1.807, 2.05) is 11.3 Å². The lowest BCUT2D eigenvalue weighted by Crippen LogP contribution is -2.54. The number of nitrogens with zero attached hydrogens (tertiary/aromatic N) is 2. The molecule has 3 heteroatoms. The number of fused-ring (bicyclic) bond motifs is 4. The standard InChI is InChI=1S/C53H62N2S/c1-35-28-41(34-42(29-35)55-46-24-21-40(51(8,9)10)33-44(46)52(11)26-16-17-27-53(52,55)12)54(48-31-37-30-38(49(2,3)4)22-25-47(37)56-48)45-23-20-39(50(5,6)7)32-43(45)36-18-14-13-15-19-36/h13-15,18-25,28-34H,16-17,26-27H2,1-12H3. The van der Waals surface area contributed by atoms with Crippen LogP contribution in [-0.2, 0) is 21.7 Å². The first-order chi connectivity index (χ1) is 26.3. The molecule has 2 heterocycles. The molecule has 290 valence electrons. The fourth-order valence-corrected chi connectivity index (χ4v) is 10.7. The van der Waals surface area contributed by atoms with Crippen molar-refractivity contribution in [2.24, 2.45) is 0 Å². The van der Waals surface area contributed by atoms with Crippen LogP contribution in [0.3, 0.4) is 0 Å². The van der Waals surface area contributed by atoms with Crippen molar-refractivity contribution in [1.82, 2.24) is 0 Å². The average molecular weight is 759 g/mol. The van der Waals surface area contributed by atoms with Crippen LogP contribution < -0.4 is 9.80 Å². The second kappa shape index (κ2) is 13.4. The van der Waals surface area contributed by atoms with E-state index in [1.165, 1.54) is 102 Å². The average Bonchev–Trinajstić information content (AvgIpc) is 3.64. The molecule has 0 bridgehead atoms. The number of aryl methyl sites for hydroxylation is 1. The van der Waals surface area contributed by atoms with E-state index in [9.17, 15) is 0 Å². The maximum absolute atomic E-state index is 2.75. The van der Waals surface area contributed by atoms with E-state index in [1.54, 1.807) is 0 Å². The van der Waals surface area contributed by atoms with Crippen molar-refractivity contribution in [3.63, 3.8) is 0 Å². The monoisotopic (exact) mass is 758 g/mol. The number of rotatable bonds is 5. The van der Waals surface area contributed by atoms with Gasteiger partial charge in [0.15, 0.2) is 0 Å². The summed E-state index contributed by atoms with van der Waals surface area (Å²) in [6.07, 6.45) is 4.92. The highest BCUT2D eigenvalue weighted by Gasteiger charge is 2.57. The Morgan fingerprint density at radius 1 is 0.625 bits per heavy atom. The van der Waals surface area contributed by atoms with E-state index < -0.39 is 0 Å². The van der Waals surface area contributed by atoms with Crippen LogP contribution in [0, 0.1) is 6.92 Å². The van der Waals surface area contributed by atoms with Gasteiger partial charge in [-0.3, -0.25) is 0 Å². The number of benzene rings is 5. The minimum Gasteiger partial charge on any atom is -0.334 e. The van der Waals surface area contributed by atoms with Gasteiger partial charge in [0, 0.05) is 32.7 Å². The van der Waals surface area contributed by atoms with Crippen LogP contribution in [0.1, 0.15) is 130 Å². The van der Waals surface area contributed by atoms with Gasteiger partial charge in [-0.05, 0) is 136 Å². The Hall–Kier alpha value is -4.34. The number of hydrogen-bond acceptors (Lipinski definition) is 3. The second-order valence-corrected chi connectivity index (χ2v) is 21.5. The SMILES string of the molecule is Cc1cc(N(c2cc3cc(C(C)(C)C)ccc3s2)c2ccc(C(C)(C)C)cc2-c2ccccc2)cc(N2c3ccc(C(C)(C)C)cc3C3(C)CCCCC23C)c1. The molecule has 8 rings (SSSR count). The Balaban J connectivity index is 1.38. The molecule has 56 heavy (non-hydrogen) atoms. The summed E-state index contributed by atoms with van der Waals surface area (Å²) in [4.78, 5) is 5.32. The minimum atomic E-state index is -0.0372. The second-order valence-electron chi connectivity index (χ2n) is 20.4. The van der Waals surface area contributed by atoms with E-state index in [0.717, 1.165) is 0 Å². The van der Waals surface area contributed by atoms with Gasteiger partial charge in [0.1, 0.15) is 5.00 Å². The summed E-state index contributed by atoms with van der Waals surface area (Å²) in [6, 6.07) is 42.4. The Kier molecular flexibility index (Phi) is 9.20. The van der Waals surface area contributed by atoms with Crippen LogP contribution in [0.15, 0.2) is 109 Å². The Labute approximate surface area is 341 Å². The normalized spacial score (nSPS) is 20.0. The minimum absolute atomic E-state index is 0.0163. The van der Waals surface area contributed by atoms with Gasteiger partial charge < -0.3 is 9.80 Å². The first kappa shape index (κ1) is 38.5. The Morgan fingerprint density at radius 3 is 1.95 bits per heavy atom. The summed E-state index contributed by atoms with van der Waals surface area (Å²) in [7, 11) is 0. The third-order valence-corrected chi connectivity index (χ3v) is 14.4. The highest BCUT2D eigenvalue weighted by molar-refractivity contribution is 7.23. The van der Waals surface area contributed by atoms with E-state index in [2.05, 4.69) is 202 Å². The summed E-state index contributed by atoms with van der Waals surface area (Å²) in [5.41, 5.74) is 14.7. The van der Waals surface area contributed by atoms with Gasteiger partial charge in [0.2, 0.25) is 0 Å². The first-order valence-corrected chi connectivity index (χ1v) is 21.7. The molecule has 0 saturated heterocycles. The molecule has 0 amide bonds. The van der Waals surface area contributed by atoms with Crippen molar-refractivity contribution in [2.45, 2.75) is 136 Å². The fourth-order valence-electron chi connectivity index (χ4n) is 9.64. The van der Waals surface area contributed by atoms with Gasteiger partial charge >= 0.3 is 0 Å². The molecule has 2 nitrogen and oxygen atoms in total. The zero-order valence-corrected chi connectivity index (χ0v) is 36.8. The van der Waals surface area contributed by atoms with Gasteiger partial charge in [-0.2, -0.15) is 0 Å². The quantitative estimate of drug-likeness (QED) is 0.173. The predicted molar refractivity (Wildman–Crippen MR) is 246 cm³/mol. The Morgan fingerprint density at radius 2 is 1.25 bits per heavy atom. The van der Waals surface area contributed by atoms with Crippen molar-refractivity contribution in [3.05, 3.63) is 137 Å². The summed E-state index contributed by atoms with van der Waals surface area (Å²) < 4.78 is 1.31. The largest absolute Gasteiger partial charge is 0.334 e. The molecule has 0 spiro atoms. The van der Waals surface area contributed by atoms with Gasteiger partial charge in [-0.1, -0.05) is 137 Å². The molecular formula is C53H62N2S. The lowest BCUT2D eigenvalue weighted by atomic mass is 9.61. The highest BCUT2D eigenvalue weighted by atomic mass is 32.1. The van der Waals surface area contributed by atoms with E-state index in [-0.39, 0.29) is 27.2 Å². The van der Waals surface area contributed by atoms with Crippen molar-refractivity contribution < 1.29 is 0 Å². The number of hydrogen-bond donors (Lipinski definition) is 0. The molecule has 0 radical (unpaired) electrons. The summed E-state index contributed by atoms with van der Waals surface area (Å²) >= 11 is 1.89. The van der Waals surface area contributed by atoms with Gasteiger partial charge in [0.25, 0.3) is 0 Å². The summed E-state index contributed by atoms with van der Waals surface area (Å²) in [5, 5.41) is 2.53. The zero-order valence-electron chi connectivity index (χ0n) is 36.0. The lowest BCUT2D eigenvalue weighted by Gasteiger charge is -2.50. The zero-order chi connectivity index (χ0) is 40.0. The van der Waals surface area contributed by atoms with Gasteiger partial charge in [-0.25, -0.2) is 0 Å². The topological polar surface area (TPSA) is 6.48 Å². The molecule has 5 aromatic carbocycles. The molecule has 6 aromatic rings. The van der Waals surface area contributed by atoms with Crippen LogP contribution in [-0.4, -0.2) is 5.54 Å². The highest BCUT2D eigenvalue weighted by Crippen LogP contribution is 2.62. The smallest absolute Gasteiger partial charge is 0.101 e. The van der Waals surface area contributed by atoms with Crippen LogP contribution in [0.5, 0.6) is 0 Å². The molecule has 2 atom stereocenters. The van der Waals surface area contributed by atoms with E-state index in [0.29, 0.717) is 0 Å². The van der Waals surface area contributed by atoms with Crippen LogP contribution >= 0.6 is 11.3 Å². The van der Waals surface area contributed by atoms with Crippen LogP contribution in [0.2, 0.25) is 0 Å². The molecule has 1 fully saturated rings. The lowest BCUT2D eigenvalue weighted by molar-refractivity contribution is 0.195. The molecule has 2 aliphatic rings. The molecular weight excluding hydrogens is 697 g/mol. The molecule has 1 aliphatic carbocycles. The van der Waals surface area contributed by atoms with Crippen molar-refractivity contribution >= 4 is 49.2 Å². The molecule has 1 aliphatic heterocycles. The third-order valence-electron chi connectivity index (χ3n) is 13.3. The Bertz CT molecular complexity index is 2430. The van der Waals surface area contributed by atoms with Crippen LogP contribution in [0.25, 0.3) is 21.2 Å². The van der Waals surface area contributed by atoms with E-state index in [4.69, 9.17) is 0 Å². The fraction of sp³-hybridized carbons (Fsp3) is 0.396. The number of anilines is 5.